The Morgan fingerprint density at radius 3 is 2.50 bits per heavy atom. The fraction of sp³-hybridized carbons (Fsp3) is 0.143. The quantitative estimate of drug-likeness (QED) is 0.411. The Morgan fingerprint density at radius 1 is 0.962 bits per heavy atom. The van der Waals surface area contributed by atoms with Crippen LogP contribution in [0.1, 0.15) is 22.5 Å². The van der Waals surface area contributed by atoms with Crippen LogP contribution in [0.3, 0.4) is 0 Å². The molecule has 132 valence electrons. The average Bonchev–Trinajstić information content (AvgIpc) is 3.16. The maximum atomic E-state index is 12.1. The summed E-state index contributed by atoms with van der Waals surface area (Å²) in [7, 11) is 0. The summed E-state index contributed by atoms with van der Waals surface area (Å²) in [6.07, 6.45) is 1.97. The van der Waals surface area contributed by atoms with Gasteiger partial charge in [0, 0.05) is 11.3 Å². The first-order valence-electron chi connectivity index (χ1n) is 8.16. The maximum Gasteiger partial charge on any atom is 0.303 e. The van der Waals surface area contributed by atoms with E-state index in [0.29, 0.717) is 4.88 Å². The van der Waals surface area contributed by atoms with Crippen molar-refractivity contribution in [2.75, 3.05) is 6.26 Å². The number of Topliss-reactive ketones (excluding diaryl/α,β-unsaturated/α-hetero) is 1. The number of benzene rings is 2. The standard InChI is InChI=1S/C21H18O3S2/c1-25-19-8-3-2-7-17(19)15-6-4-5-14(11-15)16-12-20(26-13-16)18(22)9-10-21(23)24/h2-8,11-13H,9-10H2,1H3,(H,23,24). The third-order valence-corrected chi connectivity index (χ3v) is 5.82. The largest absolute Gasteiger partial charge is 0.481 e. The van der Waals surface area contributed by atoms with Crippen molar-refractivity contribution in [1.29, 1.82) is 0 Å². The number of ketones is 1. The molecular formula is C21H18O3S2. The lowest BCUT2D eigenvalue weighted by atomic mass is 10.00. The molecule has 5 heteroatoms. The van der Waals surface area contributed by atoms with E-state index < -0.39 is 5.97 Å². The molecule has 0 aliphatic heterocycles. The summed E-state index contributed by atoms with van der Waals surface area (Å²) < 4.78 is 0. The van der Waals surface area contributed by atoms with E-state index in [-0.39, 0.29) is 18.6 Å². The lowest BCUT2D eigenvalue weighted by Crippen LogP contribution is -2.01. The second kappa shape index (κ2) is 8.34. The van der Waals surface area contributed by atoms with E-state index in [2.05, 4.69) is 30.5 Å². The van der Waals surface area contributed by atoms with Gasteiger partial charge in [-0.3, -0.25) is 9.59 Å². The van der Waals surface area contributed by atoms with Gasteiger partial charge in [0.05, 0.1) is 11.3 Å². The van der Waals surface area contributed by atoms with Crippen LogP contribution in [0.5, 0.6) is 0 Å². The number of thioether (sulfide) groups is 1. The molecule has 0 amide bonds. The predicted molar refractivity (Wildman–Crippen MR) is 108 cm³/mol. The second-order valence-electron chi connectivity index (χ2n) is 5.80. The van der Waals surface area contributed by atoms with Crippen LogP contribution in [-0.4, -0.2) is 23.1 Å². The van der Waals surface area contributed by atoms with Crippen molar-refractivity contribution in [2.45, 2.75) is 17.7 Å². The van der Waals surface area contributed by atoms with Gasteiger partial charge in [-0.15, -0.1) is 23.1 Å². The van der Waals surface area contributed by atoms with Crippen LogP contribution in [0.4, 0.5) is 0 Å². The summed E-state index contributed by atoms with van der Waals surface area (Å²) in [6.45, 7) is 0. The number of carboxylic acids is 1. The summed E-state index contributed by atoms with van der Waals surface area (Å²) >= 11 is 3.08. The maximum absolute atomic E-state index is 12.1. The van der Waals surface area contributed by atoms with Crippen LogP contribution in [0.15, 0.2) is 64.9 Å². The van der Waals surface area contributed by atoms with Gasteiger partial charge >= 0.3 is 5.97 Å². The van der Waals surface area contributed by atoms with Crippen LogP contribution >= 0.6 is 23.1 Å². The van der Waals surface area contributed by atoms with Crippen molar-refractivity contribution >= 4 is 34.9 Å². The van der Waals surface area contributed by atoms with E-state index in [4.69, 9.17) is 5.11 Å². The molecule has 3 aromatic rings. The number of carboxylic acid groups (broad SMARTS) is 1. The number of aliphatic carboxylic acids is 1. The van der Waals surface area contributed by atoms with Gasteiger partial charge in [-0.05, 0) is 52.1 Å². The summed E-state index contributed by atoms with van der Waals surface area (Å²) in [6, 6.07) is 18.4. The van der Waals surface area contributed by atoms with Gasteiger partial charge in [-0.1, -0.05) is 36.4 Å². The Bertz CT molecular complexity index is 944. The average molecular weight is 383 g/mol. The highest BCUT2D eigenvalue weighted by molar-refractivity contribution is 7.98. The van der Waals surface area contributed by atoms with Crippen LogP contribution in [0, 0.1) is 0 Å². The number of carbonyl (C=O) groups excluding carboxylic acids is 1. The van der Waals surface area contributed by atoms with E-state index in [1.807, 2.05) is 35.7 Å². The first kappa shape index (κ1) is 18.4. The first-order valence-corrected chi connectivity index (χ1v) is 10.3. The van der Waals surface area contributed by atoms with E-state index >= 15 is 0 Å². The number of hydrogen-bond donors (Lipinski definition) is 1. The lowest BCUT2D eigenvalue weighted by Gasteiger charge is -2.08. The van der Waals surface area contributed by atoms with Crippen molar-refractivity contribution in [3.8, 4) is 22.3 Å². The van der Waals surface area contributed by atoms with Gasteiger partial charge in [0.1, 0.15) is 0 Å². The molecule has 3 rings (SSSR count). The van der Waals surface area contributed by atoms with Crippen molar-refractivity contribution in [3.05, 3.63) is 64.9 Å². The fourth-order valence-corrected chi connectivity index (χ4v) is 4.23. The highest BCUT2D eigenvalue weighted by Gasteiger charge is 2.13. The third-order valence-electron chi connectivity index (χ3n) is 4.05. The van der Waals surface area contributed by atoms with Crippen molar-refractivity contribution in [2.24, 2.45) is 0 Å². The molecule has 0 aliphatic carbocycles. The van der Waals surface area contributed by atoms with E-state index in [1.165, 1.54) is 21.8 Å². The highest BCUT2D eigenvalue weighted by atomic mass is 32.2. The SMILES string of the molecule is CSc1ccccc1-c1cccc(-c2csc(C(=O)CCC(=O)O)c2)c1. The molecule has 1 aromatic heterocycles. The topological polar surface area (TPSA) is 54.4 Å². The molecular weight excluding hydrogens is 364 g/mol. The Hall–Kier alpha value is -2.37. The molecule has 26 heavy (non-hydrogen) atoms. The Kier molecular flexibility index (Phi) is 5.91. The zero-order chi connectivity index (χ0) is 18.5. The summed E-state index contributed by atoms with van der Waals surface area (Å²) in [5.41, 5.74) is 4.36. The van der Waals surface area contributed by atoms with Gasteiger partial charge in [0.2, 0.25) is 0 Å². The molecule has 0 atom stereocenters. The molecule has 0 bridgehead atoms. The number of rotatable bonds is 7. The zero-order valence-electron chi connectivity index (χ0n) is 14.3. The monoisotopic (exact) mass is 382 g/mol. The van der Waals surface area contributed by atoms with Crippen molar-refractivity contribution in [3.63, 3.8) is 0 Å². The van der Waals surface area contributed by atoms with Crippen molar-refractivity contribution in [1.82, 2.24) is 0 Å². The summed E-state index contributed by atoms with van der Waals surface area (Å²) in [5.74, 6) is -1.07. The number of hydrogen-bond acceptors (Lipinski definition) is 4. The minimum Gasteiger partial charge on any atom is -0.481 e. The van der Waals surface area contributed by atoms with E-state index in [1.54, 1.807) is 11.8 Å². The molecule has 0 unspecified atom stereocenters. The molecule has 0 radical (unpaired) electrons. The van der Waals surface area contributed by atoms with Crippen LogP contribution < -0.4 is 0 Å². The molecule has 2 aromatic carbocycles. The Balaban J connectivity index is 1.87. The molecule has 0 fully saturated rings. The third kappa shape index (κ3) is 4.23. The predicted octanol–water partition coefficient (Wildman–Crippen LogP) is 5.85. The molecule has 3 nitrogen and oxygen atoms in total. The minimum absolute atomic E-state index is 0.0381. The van der Waals surface area contributed by atoms with Crippen LogP contribution in [-0.2, 0) is 4.79 Å². The lowest BCUT2D eigenvalue weighted by molar-refractivity contribution is -0.136. The van der Waals surface area contributed by atoms with Crippen LogP contribution in [0.2, 0.25) is 0 Å². The van der Waals surface area contributed by atoms with Gasteiger partial charge in [-0.2, -0.15) is 0 Å². The first-order chi connectivity index (χ1) is 12.6. The van der Waals surface area contributed by atoms with Crippen molar-refractivity contribution < 1.29 is 14.7 Å². The van der Waals surface area contributed by atoms with E-state index in [0.717, 1.165) is 16.7 Å². The van der Waals surface area contributed by atoms with Gasteiger partial charge < -0.3 is 5.11 Å². The second-order valence-corrected chi connectivity index (χ2v) is 7.56. The molecule has 0 saturated carbocycles. The number of carbonyl (C=O) groups is 2. The minimum atomic E-state index is -0.949. The zero-order valence-corrected chi connectivity index (χ0v) is 15.9. The van der Waals surface area contributed by atoms with Gasteiger partial charge in [-0.25, -0.2) is 0 Å². The molecule has 1 heterocycles. The molecule has 1 N–H and O–H groups in total. The fourth-order valence-electron chi connectivity index (χ4n) is 2.73. The van der Waals surface area contributed by atoms with Gasteiger partial charge in [0.15, 0.2) is 5.78 Å². The summed E-state index contributed by atoms with van der Waals surface area (Å²) in [5, 5.41) is 10.7. The van der Waals surface area contributed by atoms with Gasteiger partial charge in [0.25, 0.3) is 0 Å². The Labute approximate surface area is 160 Å². The highest BCUT2D eigenvalue weighted by Crippen LogP contribution is 2.34. The molecule has 0 spiro atoms. The smallest absolute Gasteiger partial charge is 0.303 e. The molecule has 0 saturated heterocycles. The summed E-state index contributed by atoms with van der Waals surface area (Å²) in [4.78, 5) is 24.6. The molecule has 0 aliphatic rings. The van der Waals surface area contributed by atoms with E-state index in [9.17, 15) is 9.59 Å². The number of thiophene rings is 1. The normalized spacial score (nSPS) is 10.7. The Morgan fingerprint density at radius 2 is 1.73 bits per heavy atom. The van der Waals surface area contributed by atoms with Crippen LogP contribution in [0.25, 0.3) is 22.3 Å².